The molecular weight excluding hydrogens is 264 g/mol. The number of thiol groups is 1. The average Bonchev–Trinajstić information content (AvgIpc) is 2.39. The van der Waals surface area contributed by atoms with Crippen LogP contribution in [0.2, 0.25) is 0 Å². The number of pyridine rings is 1. The van der Waals surface area contributed by atoms with E-state index in [4.69, 9.17) is 4.74 Å². The molecule has 1 N–H and O–H groups in total. The van der Waals surface area contributed by atoms with Crippen LogP contribution in [0.25, 0.3) is 0 Å². The fraction of sp³-hybridized carbons (Fsp3) is 0.462. The minimum Gasteiger partial charge on any atom is -0.481 e. The number of methoxy groups -OCH3 is 1. The maximum absolute atomic E-state index is 11.4. The van der Waals surface area contributed by atoms with Gasteiger partial charge >= 0.3 is 0 Å². The van der Waals surface area contributed by atoms with E-state index in [2.05, 4.69) is 22.9 Å². The fourth-order valence-electron chi connectivity index (χ4n) is 1.51. The minimum atomic E-state index is -0.183. The first-order chi connectivity index (χ1) is 9.11. The molecule has 0 aliphatic heterocycles. The lowest BCUT2D eigenvalue weighted by molar-refractivity contribution is -0.121. The summed E-state index contributed by atoms with van der Waals surface area (Å²) in [5.41, 5.74) is 1.03. The van der Waals surface area contributed by atoms with Crippen molar-refractivity contribution in [1.29, 1.82) is 0 Å². The quantitative estimate of drug-likeness (QED) is 0.707. The second-order valence-corrected chi connectivity index (χ2v) is 4.55. The second-order valence-electron chi connectivity index (χ2n) is 4.06. The third-order valence-electron chi connectivity index (χ3n) is 2.54. The van der Waals surface area contributed by atoms with E-state index in [0.717, 1.165) is 5.56 Å². The molecule has 5 nitrogen and oxygen atoms in total. The predicted octanol–water partition coefficient (Wildman–Crippen LogP) is 1.38. The van der Waals surface area contributed by atoms with E-state index in [1.165, 1.54) is 0 Å². The highest BCUT2D eigenvalue weighted by Gasteiger charge is 2.03. The van der Waals surface area contributed by atoms with Crippen LogP contribution in [-0.4, -0.2) is 29.7 Å². The Kier molecular flexibility index (Phi) is 6.95. The molecule has 0 spiro atoms. The van der Waals surface area contributed by atoms with Crippen molar-refractivity contribution >= 4 is 23.7 Å². The summed E-state index contributed by atoms with van der Waals surface area (Å²) in [5.74, 6) is 0.528. The summed E-state index contributed by atoms with van der Waals surface area (Å²) in [4.78, 5) is 26.1. The molecule has 0 fully saturated rings. The maximum Gasteiger partial charge on any atom is 0.220 e. The summed E-state index contributed by atoms with van der Waals surface area (Å²) in [7, 11) is 1.57. The van der Waals surface area contributed by atoms with Crippen LogP contribution in [0.5, 0.6) is 5.88 Å². The Bertz CT molecular complexity index is 420. The number of amides is 1. The van der Waals surface area contributed by atoms with E-state index in [1.807, 2.05) is 6.07 Å². The number of hydrogen-bond acceptors (Lipinski definition) is 4. The molecule has 0 bridgehead atoms. The number of ether oxygens (including phenoxy) is 1. The highest BCUT2D eigenvalue weighted by Crippen LogP contribution is 2.06. The second kappa shape index (κ2) is 8.53. The molecule has 1 heterocycles. The predicted molar refractivity (Wildman–Crippen MR) is 75.3 cm³/mol. The van der Waals surface area contributed by atoms with Gasteiger partial charge in [-0.15, -0.1) is 12.6 Å². The number of nitrogens with one attached hydrogen (secondary N) is 1. The summed E-state index contributed by atoms with van der Waals surface area (Å²) in [6.07, 6.45) is 3.67. The molecule has 19 heavy (non-hydrogen) atoms. The first-order valence-electron chi connectivity index (χ1n) is 6.09. The van der Waals surface area contributed by atoms with Crippen LogP contribution in [0.3, 0.4) is 0 Å². The Labute approximate surface area is 118 Å². The van der Waals surface area contributed by atoms with Crippen molar-refractivity contribution in [2.24, 2.45) is 0 Å². The van der Waals surface area contributed by atoms with Crippen LogP contribution in [0.15, 0.2) is 18.3 Å². The lowest BCUT2D eigenvalue weighted by atomic mass is 10.2. The standard InChI is InChI=1S/C13H18N2O3S/c1-18-12-6-5-10(9-15-12)7-8-14-11(16)3-2-4-13(17)19/h5-6,9H,2-4,7-8H2,1H3,(H,14,16)(H,17,19). The smallest absolute Gasteiger partial charge is 0.220 e. The van der Waals surface area contributed by atoms with Crippen LogP contribution in [-0.2, 0) is 16.0 Å². The molecule has 1 aromatic heterocycles. The molecule has 6 heteroatoms. The Morgan fingerprint density at radius 1 is 1.37 bits per heavy atom. The monoisotopic (exact) mass is 282 g/mol. The van der Waals surface area contributed by atoms with Crippen molar-refractivity contribution in [2.75, 3.05) is 13.7 Å². The van der Waals surface area contributed by atoms with Gasteiger partial charge in [0.2, 0.25) is 11.8 Å². The zero-order valence-electron chi connectivity index (χ0n) is 10.9. The number of rotatable bonds is 8. The van der Waals surface area contributed by atoms with Gasteiger partial charge in [0.1, 0.15) is 0 Å². The zero-order valence-corrected chi connectivity index (χ0v) is 11.8. The third kappa shape index (κ3) is 6.81. The van der Waals surface area contributed by atoms with Crippen molar-refractivity contribution in [1.82, 2.24) is 10.3 Å². The first-order valence-corrected chi connectivity index (χ1v) is 6.54. The van der Waals surface area contributed by atoms with Gasteiger partial charge in [0.15, 0.2) is 5.12 Å². The number of aromatic nitrogens is 1. The molecule has 0 atom stereocenters. The summed E-state index contributed by atoms with van der Waals surface area (Å²) in [6.45, 7) is 0.557. The van der Waals surface area contributed by atoms with Gasteiger partial charge < -0.3 is 10.1 Å². The Morgan fingerprint density at radius 3 is 2.74 bits per heavy atom. The molecule has 0 aliphatic rings. The van der Waals surface area contributed by atoms with E-state index < -0.39 is 0 Å². The zero-order chi connectivity index (χ0) is 14.1. The molecule has 104 valence electrons. The number of nitrogens with zero attached hydrogens (tertiary/aromatic N) is 1. The van der Waals surface area contributed by atoms with Crippen molar-refractivity contribution in [2.45, 2.75) is 25.7 Å². The van der Waals surface area contributed by atoms with E-state index in [9.17, 15) is 9.59 Å². The van der Waals surface area contributed by atoms with Crippen molar-refractivity contribution in [3.63, 3.8) is 0 Å². The van der Waals surface area contributed by atoms with Gasteiger partial charge in [-0.25, -0.2) is 4.98 Å². The van der Waals surface area contributed by atoms with Crippen LogP contribution in [0, 0.1) is 0 Å². The minimum absolute atomic E-state index is 0.0453. The Morgan fingerprint density at radius 2 is 2.16 bits per heavy atom. The summed E-state index contributed by atoms with van der Waals surface area (Å²) in [6, 6.07) is 3.70. The lowest BCUT2D eigenvalue weighted by Crippen LogP contribution is -2.25. The van der Waals surface area contributed by atoms with Gasteiger partial charge in [0.25, 0.3) is 0 Å². The maximum atomic E-state index is 11.4. The van der Waals surface area contributed by atoms with Crippen LogP contribution >= 0.6 is 12.6 Å². The highest BCUT2D eigenvalue weighted by molar-refractivity contribution is 7.96. The van der Waals surface area contributed by atoms with E-state index in [0.29, 0.717) is 38.1 Å². The number of carbonyl (C=O) groups is 2. The molecule has 0 saturated heterocycles. The normalized spacial score (nSPS) is 10.0. The SMILES string of the molecule is COc1ccc(CCNC(=O)CCCC(=O)S)cn1. The molecule has 0 aliphatic carbocycles. The molecule has 0 saturated carbocycles. The summed E-state index contributed by atoms with van der Waals surface area (Å²) in [5, 5.41) is 2.62. The first kappa shape index (κ1) is 15.5. The topological polar surface area (TPSA) is 68.3 Å². The van der Waals surface area contributed by atoms with E-state index >= 15 is 0 Å². The van der Waals surface area contributed by atoms with Crippen molar-refractivity contribution in [3.05, 3.63) is 23.9 Å². The average molecular weight is 282 g/mol. The molecule has 1 amide bonds. The van der Waals surface area contributed by atoms with Gasteiger partial charge in [-0.1, -0.05) is 6.07 Å². The van der Waals surface area contributed by atoms with Crippen molar-refractivity contribution < 1.29 is 14.3 Å². The van der Waals surface area contributed by atoms with Crippen molar-refractivity contribution in [3.8, 4) is 5.88 Å². The molecule has 0 aromatic carbocycles. The summed E-state index contributed by atoms with van der Waals surface area (Å²) >= 11 is 3.65. The summed E-state index contributed by atoms with van der Waals surface area (Å²) < 4.78 is 4.96. The molecule has 1 rings (SSSR count). The Balaban J connectivity index is 2.18. The number of carbonyl (C=O) groups excluding carboxylic acids is 2. The van der Waals surface area contributed by atoms with Crippen LogP contribution in [0.4, 0.5) is 0 Å². The highest BCUT2D eigenvalue weighted by atomic mass is 32.1. The van der Waals surface area contributed by atoms with Gasteiger partial charge in [-0.3, -0.25) is 9.59 Å². The Hall–Kier alpha value is -1.56. The third-order valence-corrected chi connectivity index (χ3v) is 2.76. The van der Waals surface area contributed by atoms with Gasteiger partial charge in [0.05, 0.1) is 7.11 Å². The van der Waals surface area contributed by atoms with Crippen LogP contribution < -0.4 is 10.1 Å². The lowest BCUT2D eigenvalue weighted by Gasteiger charge is -2.05. The van der Waals surface area contributed by atoms with E-state index in [-0.39, 0.29) is 11.0 Å². The molecule has 1 aromatic rings. The fourth-order valence-corrected chi connectivity index (χ4v) is 1.67. The van der Waals surface area contributed by atoms with E-state index in [1.54, 1.807) is 19.4 Å². The molecular formula is C13H18N2O3S. The van der Waals surface area contributed by atoms with Gasteiger partial charge in [-0.2, -0.15) is 0 Å². The van der Waals surface area contributed by atoms with Gasteiger partial charge in [-0.05, 0) is 18.4 Å². The molecule has 0 radical (unpaired) electrons. The van der Waals surface area contributed by atoms with Gasteiger partial charge in [0, 0.05) is 31.6 Å². The number of hydrogen-bond donors (Lipinski definition) is 2. The largest absolute Gasteiger partial charge is 0.481 e. The van der Waals surface area contributed by atoms with Crippen LogP contribution in [0.1, 0.15) is 24.8 Å². The molecule has 0 unspecified atom stereocenters.